The molecule has 0 bridgehead atoms. The molecule has 1 saturated heterocycles. The van der Waals surface area contributed by atoms with Crippen molar-refractivity contribution in [3.05, 3.63) is 28.2 Å². The monoisotopic (exact) mass is 353 g/mol. The van der Waals surface area contributed by atoms with E-state index in [4.69, 9.17) is 4.74 Å². The maximum Gasteiger partial charge on any atom is 0.126 e. The molecule has 2 aliphatic rings. The van der Waals surface area contributed by atoms with Crippen LogP contribution in [0.2, 0.25) is 0 Å². The van der Waals surface area contributed by atoms with Crippen molar-refractivity contribution in [2.75, 3.05) is 19.6 Å². The average Bonchev–Trinajstić information content (AvgIpc) is 2.64. The van der Waals surface area contributed by atoms with E-state index in [1.165, 1.54) is 13.0 Å². The molecular formula is C17H24BrNO2. The van der Waals surface area contributed by atoms with Gasteiger partial charge in [-0.25, -0.2) is 0 Å². The number of hydrogen-bond donors (Lipinski definition) is 1. The van der Waals surface area contributed by atoms with E-state index in [-0.39, 0.29) is 5.60 Å². The predicted molar refractivity (Wildman–Crippen MR) is 87.7 cm³/mol. The lowest BCUT2D eigenvalue weighted by Crippen LogP contribution is -2.42. The highest BCUT2D eigenvalue weighted by Gasteiger charge is 2.41. The molecule has 1 unspecified atom stereocenters. The second-order valence-electron chi connectivity index (χ2n) is 6.38. The third-order valence-electron chi connectivity index (χ3n) is 4.75. The van der Waals surface area contributed by atoms with Crippen molar-refractivity contribution in [2.24, 2.45) is 0 Å². The summed E-state index contributed by atoms with van der Waals surface area (Å²) >= 11 is 3.47. The number of ether oxygens (including phenoxy) is 1. The first-order valence-electron chi connectivity index (χ1n) is 8.01. The van der Waals surface area contributed by atoms with E-state index >= 15 is 0 Å². The molecule has 1 spiro atoms. The highest BCUT2D eigenvalue weighted by atomic mass is 79.9. The molecule has 3 rings (SSSR count). The Hall–Kier alpha value is -0.580. The lowest BCUT2D eigenvalue weighted by Gasteiger charge is -2.40. The number of likely N-dealkylation sites (tertiary alicyclic amines) is 1. The Labute approximate surface area is 135 Å². The minimum Gasteiger partial charge on any atom is -0.487 e. The van der Waals surface area contributed by atoms with Gasteiger partial charge in [-0.2, -0.15) is 0 Å². The van der Waals surface area contributed by atoms with Crippen molar-refractivity contribution in [2.45, 2.75) is 50.7 Å². The third-order valence-corrected chi connectivity index (χ3v) is 5.25. The van der Waals surface area contributed by atoms with Crippen molar-refractivity contribution >= 4 is 15.9 Å². The van der Waals surface area contributed by atoms with Crippen LogP contribution in [0.5, 0.6) is 5.75 Å². The minimum atomic E-state index is -0.413. The molecule has 4 heteroatoms. The van der Waals surface area contributed by atoms with Gasteiger partial charge in [0.05, 0.1) is 6.10 Å². The van der Waals surface area contributed by atoms with Gasteiger partial charge in [-0.15, -0.1) is 0 Å². The molecule has 2 heterocycles. The van der Waals surface area contributed by atoms with Crippen LogP contribution in [0.1, 0.15) is 50.7 Å². The van der Waals surface area contributed by atoms with Crippen LogP contribution < -0.4 is 4.74 Å². The van der Waals surface area contributed by atoms with Gasteiger partial charge in [0.15, 0.2) is 0 Å². The molecule has 1 N–H and O–H groups in total. The summed E-state index contributed by atoms with van der Waals surface area (Å²) in [6.45, 7) is 5.63. The standard InChI is InChI=1S/C17H24BrNO2/c1-2-8-19-9-3-6-17(7-10-19)12-15(20)14-11-13(18)4-5-16(14)21-17/h4-5,11,15,20H,2-3,6-10,12H2,1H3/t15-,17?/m0/s1. The number of aliphatic hydroxyl groups is 1. The fourth-order valence-corrected chi connectivity index (χ4v) is 4.06. The van der Waals surface area contributed by atoms with E-state index in [1.54, 1.807) is 0 Å². The lowest BCUT2D eigenvalue weighted by molar-refractivity contribution is -0.0239. The number of nitrogens with zero attached hydrogens (tertiary/aromatic N) is 1. The van der Waals surface area contributed by atoms with Crippen LogP contribution in [0.15, 0.2) is 22.7 Å². The summed E-state index contributed by atoms with van der Waals surface area (Å²) in [5.41, 5.74) is 0.743. The summed E-state index contributed by atoms with van der Waals surface area (Å²) in [4.78, 5) is 2.53. The maximum atomic E-state index is 10.5. The number of hydrogen-bond acceptors (Lipinski definition) is 3. The molecule has 0 aromatic heterocycles. The lowest BCUT2D eigenvalue weighted by atomic mass is 9.83. The molecule has 1 fully saturated rings. The Balaban J connectivity index is 1.79. The molecule has 116 valence electrons. The van der Waals surface area contributed by atoms with Gasteiger partial charge in [0, 0.05) is 23.0 Å². The van der Waals surface area contributed by atoms with Crippen LogP contribution in [0.4, 0.5) is 0 Å². The summed E-state index contributed by atoms with van der Waals surface area (Å²) in [6, 6.07) is 5.95. The maximum absolute atomic E-state index is 10.5. The Morgan fingerprint density at radius 1 is 1.38 bits per heavy atom. The van der Waals surface area contributed by atoms with Gasteiger partial charge in [0.25, 0.3) is 0 Å². The van der Waals surface area contributed by atoms with Crippen LogP contribution in [-0.2, 0) is 0 Å². The largest absolute Gasteiger partial charge is 0.487 e. The zero-order chi connectivity index (χ0) is 14.9. The van der Waals surface area contributed by atoms with Crippen molar-refractivity contribution in [3.63, 3.8) is 0 Å². The second-order valence-corrected chi connectivity index (χ2v) is 7.30. The number of benzene rings is 1. The van der Waals surface area contributed by atoms with Gasteiger partial charge in [0.1, 0.15) is 11.4 Å². The zero-order valence-corrected chi connectivity index (χ0v) is 14.2. The quantitative estimate of drug-likeness (QED) is 0.874. The molecule has 1 aromatic carbocycles. The molecule has 21 heavy (non-hydrogen) atoms. The number of aliphatic hydroxyl groups excluding tert-OH is 1. The third kappa shape index (κ3) is 3.27. The number of rotatable bonds is 2. The number of halogens is 1. The molecule has 1 aromatic rings. The van der Waals surface area contributed by atoms with Crippen LogP contribution in [0.3, 0.4) is 0 Å². The SMILES string of the molecule is CCCN1CCCC2(CC1)C[C@H](O)c1cc(Br)ccc1O2. The molecule has 0 radical (unpaired) electrons. The Kier molecular flexibility index (Phi) is 4.57. The average molecular weight is 354 g/mol. The predicted octanol–water partition coefficient (Wildman–Crippen LogP) is 3.90. The first-order chi connectivity index (χ1) is 10.1. The highest BCUT2D eigenvalue weighted by molar-refractivity contribution is 9.10. The van der Waals surface area contributed by atoms with E-state index in [9.17, 15) is 5.11 Å². The van der Waals surface area contributed by atoms with E-state index in [0.29, 0.717) is 0 Å². The molecule has 0 amide bonds. The van der Waals surface area contributed by atoms with Gasteiger partial charge >= 0.3 is 0 Å². The van der Waals surface area contributed by atoms with Gasteiger partial charge in [0.2, 0.25) is 0 Å². The van der Waals surface area contributed by atoms with E-state index < -0.39 is 6.10 Å². The molecule has 0 saturated carbocycles. The molecule has 2 aliphatic heterocycles. The molecule has 2 atom stereocenters. The molecule has 3 nitrogen and oxygen atoms in total. The first kappa shape index (κ1) is 15.3. The Bertz CT molecular complexity index is 508. The van der Waals surface area contributed by atoms with E-state index in [1.807, 2.05) is 18.2 Å². The highest BCUT2D eigenvalue weighted by Crippen LogP contribution is 2.44. The topological polar surface area (TPSA) is 32.7 Å². The zero-order valence-electron chi connectivity index (χ0n) is 12.6. The van der Waals surface area contributed by atoms with Crippen LogP contribution in [0.25, 0.3) is 0 Å². The summed E-state index contributed by atoms with van der Waals surface area (Å²) in [5.74, 6) is 0.862. The Morgan fingerprint density at radius 2 is 2.24 bits per heavy atom. The fraction of sp³-hybridized carbons (Fsp3) is 0.647. The van der Waals surface area contributed by atoms with E-state index in [0.717, 1.165) is 54.6 Å². The van der Waals surface area contributed by atoms with Crippen LogP contribution in [0, 0.1) is 0 Å². The summed E-state index contributed by atoms with van der Waals surface area (Å²) in [5, 5.41) is 10.5. The van der Waals surface area contributed by atoms with Gasteiger partial charge < -0.3 is 14.7 Å². The summed E-state index contributed by atoms with van der Waals surface area (Å²) < 4.78 is 7.38. The van der Waals surface area contributed by atoms with Crippen molar-refractivity contribution in [1.82, 2.24) is 4.90 Å². The minimum absolute atomic E-state index is 0.178. The van der Waals surface area contributed by atoms with Gasteiger partial charge in [-0.05, 0) is 57.0 Å². The van der Waals surface area contributed by atoms with Gasteiger partial charge in [-0.3, -0.25) is 0 Å². The van der Waals surface area contributed by atoms with Crippen LogP contribution in [-0.4, -0.2) is 35.2 Å². The van der Waals surface area contributed by atoms with Crippen molar-refractivity contribution in [3.8, 4) is 5.75 Å². The number of fused-ring (bicyclic) bond motifs is 1. The smallest absolute Gasteiger partial charge is 0.126 e. The van der Waals surface area contributed by atoms with Crippen molar-refractivity contribution in [1.29, 1.82) is 0 Å². The summed E-state index contributed by atoms with van der Waals surface area (Å²) in [7, 11) is 0. The normalized spacial score (nSPS) is 29.8. The fourth-order valence-electron chi connectivity index (χ4n) is 3.68. The van der Waals surface area contributed by atoms with E-state index in [2.05, 4.69) is 27.8 Å². The Morgan fingerprint density at radius 3 is 3.05 bits per heavy atom. The van der Waals surface area contributed by atoms with Crippen LogP contribution >= 0.6 is 15.9 Å². The van der Waals surface area contributed by atoms with Crippen molar-refractivity contribution < 1.29 is 9.84 Å². The summed E-state index contributed by atoms with van der Waals surface area (Å²) in [6.07, 6.45) is 4.71. The molecule has 0 aliphatic carbocycles. The van der Waals surface area contributed by atoms with Gasteiger partial charge in [-0.1, -0.05) is 22.9 Å². The second kappa shape index (κ2) is 6.27. The molecular weight excluding hydrogens is 330 g/mol. The first-order valence-corrected chi connectivity index (χ1v) is 8.80.